The van der Waals surface area contributed by atoms with Gasteiger partial charge in [0.25, 0.3) is 0 Å². The molecule has 1 fully saturated rings. The molecule has 2 nitrogen and oxygen atoms in total. The molecule has 0 radical (unpaired) electrons. The van der Waals surface area contributed by atoms with Crippen molar-refractivity contribution in [1.29, 1.82) is 0 Å². The minimum Gasteiger partial charge on any atom is -0.329 e. The van der Waals surface area contributed by atoms with E-state index in [9.17, 15) is 0 Å². The summed E-state index contributed by atoms with van der Waals surface area (Å²) in [5, 5.41) is 0. The molecular weight excluding hydrogens is 164 g/mol. The molecule has 0 unspecified atom stereocenters. The fourth-order valence-corrected chi connectivity index (χ4v) is 3.74. The van der Waals surface area contributed by atoms with E-state index in [1.165, 1.54) is 11.5 Å². The average molecular weight is 178 g/mol. The van der Waals surface area contributed by atoms with E-state index in [2.05, 4.69) is 0 Å². The Morgan fingerprint density at radius 2 is 1.90 bits per heavy atom. The predicted molar refractivity (Wildman–Crippen MR) is 50.6 cm³/mol. The van der Waals surface area contributed by atoms with Crippen molar-refractivity contribution in [3.8, 4) is 0 Å². The third-order valence-electron chi connectivity index (χ3n) is 1.75. The molecule has 0 amide bonds. The smallest absolute Gasteiger partial charge is 0.0494 e. The number of rotatable bonds is 2. The molecule has 0 aromatic rings. The molecule has 0 atom stereocenters. The molecule has 0 spiro atoms. The van der Waals surface area contributed by atoms with Crippen molar-refractivity contribution in [2.24, 2.45) is 11.5 Å². The number of hydrogen-bond donors (Lipinski definition) is 2. The van der Waals surface area contributed by atoms with Crippen molar-refractivity contribution in [3.63, 3.8) is 0 Å². The van der Waals surface area contributed by atoms with Crippen LogP contribution in [-0.2, 0) is 0 Å². The van der Waals surface area contributed by atoms with Crippen LogP contribution in [0.1, 0.15) is 0 Å². The zero-order valence-electron chi connectivity index (χ0n) is 6.01. The molecule has 0 aromatic heterocycles. The maximum atomic E-state index is 5.63. The van der Waals surface area contributed by atoms with Gasteiger partial charge >= 0.3 is 0 Å². The number of hydrogen-bond acceptors (Lipinski definition) is 4. The Balaban J connectivity index is 2.44. The van der Waals surface area contributed by atoms with Crippen LogP contribution in [0.2, 0.25) is 0 Å². The lowest BCUT2D eigenvalue weighted by atomic mass is 10.2. The van der Waals surface area contributed by atoms with Crippen LogP contribution in [0.25, 0.3) is 0 Å². The van der Waals surface area contributed by atoms with Gasteiger partial charge in [0.05, 0.1) is 0 Å². The fourth-order valence-electron chi connectivity index (χ4n) is 0.936. The van der Waals surface area contributed by atoms with Crippen molar-refractivity contribution >= 4 is 23.5 Å². The summed E-state index contributed by atoms with van der Waals surface area (Å²) in [5.41, 5.74) is 11.3. The third-order valence-corrected chi connectivity index (χ3v) is 4.93. The largest absolute Gasteiger partial charge is 0.329 e. The van der Waals surface area contributed by atoms with Gasteiger partial charge < -0.3 is 11.5 Å². The zero-order chi connectivity index (χ0) is 7.45. The van der Waals surface area contributed by atoms with Crippen molar-refractivity contribution in [1.82, 2.24) is 0 Å². The third kappa shape index (κ3) is 1.81. The highest BCUT2D eigenvalue weighted by Gasteiger charge is 2.29. The number of thioether (sulfide) groups is 2. The van der Waals surface area contributed by atoms with Gasteiger partial charge in [-0.3, -0.25) is 0 Å². The summed E-state index contributed by atoms with van der Waals surface area (Å²) in [6.45, 7) is 1.45. The normalized spacial score (nSPS) is 24.6. The van der Waals surface area contributed by atoms with Crippen LogP contribution < -0.4 is 11.5 Å². The lowest BCUT2D eigenvalue weighted by Crippen LogP contribution is -2.46. The van der Waals surface area contributed by atoms with Crippen LogP contribution in [-0.4, -0.2) is 35.1 Å². The van der Waals surface area contributed by atoms with Crippen molar-refractivity contribution in [2.75, 3.05) is 30.3 Å². The lowest BCUT2D eigenvalue weighted by molar-refractivity contribution is 0.671. The molecule has 60 valence electrons. The molecule has 0 saturated carbocycles. The highest BCUT2D eigenvalue weighted by atomic mass is 32.2. The SMILES string of the molecule is NCC1(CN)CSCCS1. The predicted octanol–water partition coefficient (Wildman–Crippen LogP) is 0.123. The van der Waals surface area contributed by atoms with Gasteiger partial charge in [0.2, 0.25) is 0 Å². The van der Waals surface area contributed by atoms with Crippen LogP contribution in [0.15, 0.2) is 0 Å². The van der Waals surface area contributed by atoms with E-state index in [1.807, 2.05) is 23.5 Å². The second kappa shape index (κ2) is 3.85. The van der Waals surface area contributed by atoms with Crippen LogP contribution in [0, 0.1) is 0 Å². The maximum absolute atomic E-state index is 5.63. The summed E-state index contributed by atoms with van der Waals surface area (Å²) in [6.07, 6.45) is 0. The van der Waals surface area contributed by atoms with Gasteiger partial charge in [-0.15, -0.1) is 0 Å². The van der Waals surface area contributed by atoms with E-state index < -0.39 is 0 Å². The second-order valence-corrected chi connectivity index (χ2v) is 5.16. The van der Waals surface area contributed by atoms with Gasteiger partial charge in [-0.2, -0.15) is 23.5 Å². The van der Waals surface area contributed by atoms with Gasteiger partial charge in [-0.05, 0) is 0 Å². The molecule has 1 aliphatic rings. The summed E-state index contributed by atoms with van der Waals surface area (Å²) in [6, 6.07) is 0. The van der Waals surface area contributed by atoms with Gasteiger partial charge in [0, 0.05) is 35.1 Å². The molecule has 10 heavy (non-hydrogen) atoms. The maximum Gasteiger partial charge on any atom is 0.0494 e. The van der Waals surface area contributed by atoms with E-state index in [0.717, 1.165) is 18.8 Å². The van der Waals surface area contributed by atoms with E-state index in [4.69, 9.17) is 11.5 Å². The Bertz CT molecular complexity index is 95.9. The quantitative estimate of drug-likeness (QED) is 0.631. The molecule has 0 aromatic carbocycles. The monoisotopic (exact) mass is 178 g/mol. The molecule has 4 N–H and O–H groups in total. The molecule has 1 aliphatic heterocycles. The Morgan fingerprint density at radius 3 is 2.20 bits per heavy atom. The summed E-state index contributed by atoms with van der Waals surface area (Å²) in [7, 11) is 0. The minimum atomic E-state index is 0.197. The first-order valence-electron chi connectivity index (χ1n) is 3.45. The molecular formula is C6H14N2S2. The van der Waals surface area contributed by atoms with Gasteiger partial charge in [-0.25, -0.2) is 0 Å². The van der Waals surface area contributed by atoms with Gasteiger partial charge in [0.15, 0.2) is 0 Å². The van der Waals surface area contributed by atoms with E-state index in [-0.39, 0.29) is 4.75 Å². The standard InChI is InChI=1S/C6H14N2S2/c7-3-6(4-8)5-9-1-2-10-6/h1-5,7-8H2. The fraction of sp³-hybridized carbons (Fsp3) is 1.00. The average Bonchev–Trinajstić information content (AvgIpc) is 2.06. The van der Waals surface area contributed by atoms with E-state index in [0.29, 0.717) is 0 Å². The second-order valence-electron chi connectivity index (χ2n) is 2.49. The summed E-state index contributed by atoms with van der Waals surface area (Å²) in [4.78, 5) is 0. The lowest BCUT2D eigenvalue weighted by Gasteiger charge is -2.33. The summed E-state index contributed by atoms with van der Waals surface area (Å²) >= 11 is 3.91. The van der Waals surface area contributed by atoms with Gasteiger partial charge in [-0.1, -0.05) is 0 Å². The Morgan fingerprint density at radius 1 is 1.20 bits per heavy atom. The molecule has 1 rings (SSSR count). The first kappa shape index (κ1) is 8.71. The van der Waals surface area contributed by atoms with E-state index >= 15 is 0 Å². The van der Waals surface area contributed by atoms with Crippen molar-refractivity contribution in [3.05, 3.63) is 0 Å². The first-order chi connectivity index (χ1) is 4.83. The molecule has 4 heteroatoms. The molecule has 1 heterocycles. The number of nitrogens with two attached hydrogens (primary N) is 2. The van der Waals surface area contributed by atoms with E-state index in [1.54, 1.807) is 0 Å². The topological polar surface area (TPSA) is 52.0 Å². The van der Waals surface area contributed by atoms with Gasteiger partial charge in [0.1, 0.15) is 0 Å². The summed E-state index contributed by atoms with van der Waals surface area (Å²) < 4.78 is 0.197. The molecule has 0 aliphatic carbocycles. The van der Waals surface area contributed by atoms with Crippen LogP contribution >= 0.6 is 23.5 Å². The van der Waals surface area contributed by atoms with Crippen LogP contribution in [0.3, 0.4) is 0 Å². The highest BCUT2D eigenvalue weighted by Crippen LogP contribution is 2.32. The van der Waals surface area contributed by atoms with Crippen molar-refractivity contribution in [2.45, 2.75) is 4.75 Å². The Hall–Kier alpha value is 0.620. The minimum absolute atomic E-state index is 0.197. The van der Waals surface area contributed by atoms with Crippen LogP contribution in [0.4, 0.5) is 0 Å². The Labute approximate surface area is 70.5 Å². The first-order valence-corrected chi connectivity index (χ1v) is 5.59. The zero-order valence-corrected chi connectivity index (χ0v) is 7.64. The summed E-state index contributed by atoms with van der Waals surface area (Å²) in [5.74, 6) is 3.59. The molecule has 0 bridgehead atoms. The highest BCUT2D eigenvalue weighted by molar-refractivity contribution is 8.07. The van der Waals surface area contributed by atoms with Crippen molar-refractivity contribution < 1.29 is 0 Å². The Kier molecular flexibility index (Phi) is 3.36. The molecule has 1 saturated heterocycles. The van der Waals surface area contributed by atoms with Crippen LogP contribution in [0.5, 0.6) is 0 Å².